The summed E-state index contributed by atoms with van der Waals surface area (Å²) in [5.74, 6) is 0.858. The van der Waals surface area contributed by atoms with Gasteiger partial charge in [-0.25, -0.2) is 0 Å². The van der Waals surface area contributed by atoms with Gasteiger partial charge in [-0.2, -0.15) is 0 Å². The first-order valence-corrected chi connectivity index (χ1v) is 7.56. The summed E-state index contributed by atoms with van der Waals surface area (Å²) in [5, 5.41) is 5.71. The Bertz CT molecular complexity index is 482. The van der Waals surface area contributed by atoms with E-state index in [9.17, 15) is 0 Å². The van der Waals surface area contributed by atoms with E-state index in [0.717, 1.165) is 12.5 Å². The Kier molecular flexibility index (Phi) is 3.48. The van der Waals surface area contributed by atoms with Crippen molar-refractivity contribution in [3.05, 3.63) is 57.8 Å². The third kappa shape index (κ3) is 2.82. The monoisotopic (exact) mass is 257 g/mol. The van der Waals surface area contributed by atoms with E-state index in [-0.39, 0.29) is 0 Å². The zero-order chi connectivity index (χ0) is 12.4. The average Bonchev–Trinajstić information content (AvgIpc) is 3.11. The van der Waals surface area contributed by atoms with Gasteiger partial charge in [0.05, 0.1) is 0 Å². The molecule has 1 aromatic carbocycles. The molecule has 1 fully saturated rings. The van der Waals surface area contributed by atoms with Crippen LogP contribution >= 0.6 is 11.3 Å². The minimum Gasteiger partial charge on any atom is -0.305 e. The van der Waals surface area contributed by atoms with Crippen LogP contribution in [0.15, 0.2) is 41.8 Å². The highest BCUT2D eigenvalue weighted by molar-refractivity contribution is 7.10. The highest BCUT2D eigenvalue weighted by atomic mass is 32.1. The van der Waals surface area contributed by atoms with Gasteiger partial charge in [-0.15, -0.1) is 11.3 Å². The molecule has 0 unspecified atom stereocenters. The van der Waals surface area contributed by atoms with E-state index < -0.39 is 0 Å². The van der Waals surface area contributed by atoms with Crippen molar-refractivity contribution in [3.8, 4) is 0 Å². The van der Waals surface area contributed by atoms with Crippen LogP contribution in [0, 0.1) is 0 Å². The predicted octanol–water partition coefficient (Wildman–Crippen LogP) is 4.48. The molecule has 0 amide bonds. The van der Waals surface area contributed by atoms with E-state index in [1.165, 1.54) is 28.8 Å². The molecule has 1 nitrogen and oxygen atoms in total. The van der Waals surface area contributed by atoms with Crippen LogP contribution in [0.3, 0.4) is 0 Å². The quantitative estimate of drug-likeness (QED) is 0.833. The molecule has 1 heterocycles. The molecule has 0 aliphatic heterocycles. The van der Waals surface area contributed by atoms with Crippen LogP contribution in [0.1, 0.15) is 47.7 Å². The summed E-state index contributed by atoms with van der Waals surface area (Å²) in [6.45, 7) is 3.18. The third-order valence-electron chi connectivity index (χ3n) is 3.61. The molecule has 0 radical (unpaired) electrons. The van der Waals surface area contributed by atoms with Crippen molar-refractivity contribution in [2.75, 3.05) is 0 Å². The summed E-state index contributed by atoms with van der Waals surface area (Å²) in [6, 6.07) is 13.9. The van der Waals surface area contributed by atoms with Crippen LogP contribution in [0.25, 0.3) is 0 Å². The second-order valence-electron chi connectivity index (χ2n) is 5.13. The minimum absolute atomic E-state index is 0.438. The molecule has 1 atom stereocenters. The minimum atomic E-state index is 0.438. The van der Waals surface area contributed by atoms with Crippen LogP contribution in [-0.2, 0) is 6.54 Å². The second-order valence-corrected chi connectivity index (χ2v) is 6.11. The van der Waals surface area contributed by atoms with Gasteiger partial charge in [0.25, 0.3) is 0 Å². The van der Waals surface area contributed by atoms with Crippen LogP contribution in [0.5, 0.6) is 0 Å². The van der Waals surface area contributed by atoms with E-state index in [1.54, 1.807) is 0 Å². The molecule has 1 aromatic heterocycles. The zero-order valence-corrected chi connectivity index (χ0v) is 11.5. The van der Waals surface area contributed by atoms with Gasteiger partial charge >= 0.3 is 0 Å². The van der Waals surface area contributed by atoms with Gasteiger partial charge in [0.1, 0.15) is 0 Å². The van der Waals surface area contributed by atoms with Gasteiger partial charge in [0, 0.05) is 17.5 Å². The lowest BCUT2D eigenvalue weighted by atomic mass is 10.1. The van der Waals surface area contributed by atoms with Crippen molar-refractivity contribution in [3.63, 3.8) is 0 Å². The molecule has 0 saturated heterocycles. The molecule has 2 heteroatoms. The van der Waals surface area contributed by atoms with Gasteiger partial charge in [0.2, 0.25) is 0 Å². The zero-order valence-electron chi connectivity index (χ0n) is 10.7. The Morgan fingerprint density at radius 2 is 2.00 bits per heavy atom. The molecule has 0 spiro atoms. The molecular weight excluding hydrogens is 238 g/mol. The molecular formula is C16H19NS. The fourth-order valence-electron chi connectivity index (χ4n) is 2.23. The molecule has 94 valence electrons. The Balaban J connectivity index is 1.56. The van der Waals surface area contributed by atoms with Crippen molar-refractivity contribution < 1.29 is 0 Å². The maximum absolute atomic E-state index is 3.58. The first-order valence-electron chi connectivity index (χ1n) is 6.68. The predicted molar refractivity (Wildman–Crippen MR) is 78.0 cm³/mol. The summed E-state index contributed by atoms with van der Waals surface area (Å²) >= 11 is 1.82. The standard InChI is InChI=1S/C16H19NS/c1-12(16-3-2-10-18-16)17-11-13-4-6-14(7-5-13)15-8-9-15/h2-7,10,12,15,17H,8-9,11H2,1H3/t12-/m0/s1. The summed E-state index contributed by atoms with van der Waals surface area (Å²) in [4.78, 5) is 1.41. The number of hydrogen-bond donors (Lipinski definition) is 1. The summed E-state index contributed by atoms with van der Waals surface area (Å²) in [5.41, 5.74) is 2.90. The Labute approximate surface area is 113 Å². The van der Waals surface area contributed by atoms with E-state index >= 15 is 0 Å². The Morgan fingerprint density at radius 3 is 2.61 bits per heavy atom. The van der Waals surface area contributed by atoms with Gasteiger partial charge < -0.3 is 5.32 Å². The normalized spacial score (nSPS) is 16.7. The number of nitrogens with one attached hydrogen (secondary N) is 1. The lowest BCUT2D eigenvalue weighted by molar-refractivity contribution is 0.583. The van der Waals surface area contributed by atoms with Gasteiger partial charge in [0.15, 0.2) is 0 Å². The fourth-order valence-corrected chi connectivity index (χ4v) is 2.99. The largest absolute Gasteiger partial charge is 0.305 e. The smallest absolute Gasteiger partial charge is 0.0388 e. The molecule has 18 heavy (non-hydrogen) atoms. The maximum Gasteiger partial charge on any atom is 0.0388 e. The molecule has 1 N–H and O–H groups in total. The van der Waals surface area contributed by atoms with Gasteiger partial charge in [-0.1, -0.05) is 30.3 Å². The highest BCUT2D eigenvalue weighted by Crippen LogP contribution is 2.39. The lowest BCUT2D eigenvalue weighted by Crippen LogP contribution is -2.17. The first-order chi connectivity index (χ1) is 8.83. The lowest BCUT2D eigenvalue weighted by Gasteiger charge is -2.12. The Morgan fingerprint density at radius 1 is 1.22 bits per heavy atom. The van der Waals surface area contributed by atoms with Crippen LogP contribution in [-0.4, -0.2) is 0 Å². The second kappa shape index (κ2) is 5.25. The summed E-state index contributed by atoms with van der Waals surface area (Å²) in [7, 11) is 0. The highest BCUT2D eigenvalue weighted by Gasteiger charge is 2.22. The maximum atomic E-state index is 3.58. The molecule has 1 aliphatic carbocycles. The fraction of sp³-hybridized carbons (Fsp3) is 0.375. The van der Waals surface area contributed by atoms with Crippen molar-refractivity contribution in [1.29, 1.82) is 0 Å². The van der Waals surface area contributed by atoms with Crippen LogP contribution < -0.4 is 5.32 Å². The molecule has 0 bridgehead atoms. The number of benzene rings is 1. The van der Waals surface area contributed by atoms with Crippen molar-refractivity contribution in [2.45, 2.75) is 38.3 Å². The van der Waals surface area contributed by atoms with Crippen molar-refractivity contribution in [1.82, 2.24) is 5.32 Å². The number of rotatable bonds is 5. The van der Waals surface area contributed by atoms with E-state index in [4.69, 9.17) is 0 Å². The van der Waals surface area contributed by atoms with Gasteiger partial charge in [-0.05, 0) is 48.3 Å². The third-order valence-corrected chi connectivity index (χ3v) is 4.67. The molecule has 2 aromatic rings. The van der Waals surface area contributed by atoms with E-state index in [2.05, 4.69) is 54.0 Å². The molecule has 3 rings (SSSR count). The SMILES string of the molecule is C[C@H](NCc1ccc(C2CC2)cc1)c1cccs1. The van der Waals surface area contributed by atoms with E-state index in [0.29, 0.717) is 6.04 Å². The van der Waals surface area contributed by atoms with Gasteiger partial charge in [-0.3, -0.25) is 0 Å². The number of thiophene rings is 1. The van der Waals surface area contributed by atoms with Crippen molar-refractivity contribution in [2.24, 2.45) is 0 Å². The molecule has 1 saturated carbocycles. The average molecular weight is 257 g/mol. The number of hydrogen-bond acceptors (Lipinski definition) is 2. The van der Waals surface area contributed by atoms with E-state index in [1.807, 2.05) is 11.3 Å². The first kappa shape index (κ1) is 11.9. The topological polar surface area (TPSA) is 12.0 Å². The van der Waals surface area contributed by atoms with Crippen molar-refractivity contribution >= 4 is 11.3 Å². The molecule has 1 aliphatic rings. The summed E-state index contributed by atoms with van der Waals surface area (Å²) < 4.78 is 0. The summed E-state index contributed by atoms with van der Waals surface area (Å²) in [6.07, 6.45) is 2.76. The van der Waals surface area contributed by atoms with Crippen LogP contribution in [0.4, 0.5) is 0 Å². The Hall–Kier alpha value is -1.12. The van der Waals surface area contributed by atoms with Crippen LogP contribution in [0.2, 0.25) is 0 Å².